The Morgan fingerprint density at radius 1 is 1.35 bits per heavy atom. The average Bonchev–Trinajstić information content (AvgIpc) is 2.97. The molecule has 1 aromatic carbocycles. The Morgan fingerprint density at radius 2 is 2.22 bits per heavy atom. The molecule has 0 fully saturated rings. The Balaban J connectivity index is 1.49. The molecule has 1 aromatic heterocycles. The lowest BCUT2D eigenvalue weighted by Gasteiger charge is -2.10. The molecule has 2 aromatic rings. The van der Waals surface area contributed by atoms with E-state index in [0.29, 0.717) is 29.1 Å². The van der Waals surface area contributed by atoms with Crippen LogP contribution in [0.25, 0.3) is 0 Å². The zero-order chi connectivity index (χ0) is 16.2. The van der Waals surface area contributed by atoms with Crippen LogP contribution >= 0.6 is 23.2 Å². The smallest absolute Gasteiger partial charge is 0.231 e. The molecule has 1 aliphatic rings. The summed E-state index contributed by atoms with van der Waals surface area (Å²) in [4.78, 5) is 16.4. The number of carbonyl (C=O) groups is 1. The Kier molecular flexibility index (Phi) is 5.03. The quantitative estimate of drug-likeness (QED) is 0.838. The van der Waals surface area contributed by atoms with Gasteiger partial charge in [-0.3, -0.25) is 4.79 Å². The number of hydrogen-bond acceptors (Lipinski definition) is 3. The van der Waals surface area contributed by atoms with Crippen molar-refractivity contribution in [2.24, 2.45) is 0 Å². The fourth-order valence-corrected chi connectivity index (χ4v) is 3.10. The van der Waals surface area contributed by atoms with Crippen molar-refractivity contribution >= 4 is 29.1 Å². The number of nitrogens with one attached hydrogen (secondary N) is 1. The number of carbonyl (C=O) groups excluding carboxylic acids is 1. The molecule has 23 heavy (non-hydrogen) atoms. The fourth-order valence-electron chi connectivity index (χ4n) is 2.60. The van der Waals surface area contributed by atoms with Gasteiger partial charge in [0.1, 0.15) is 12.5 Å². The molecule has 2 heterocycles. The molecule has 3 rings (SSSR count). The molecule has 4 nitrogen and oxygen atoms in total. The number of pyridine rings is 1. The first-order valence-corrected chi connectivity index (χ1v) is 8.20. The summed E-state index contributed by atoms with van der Waals surface area (Å²) in [6.45, 7) is 0.936. The van der Waals surface area contributed by atoms with Crippen molar-refractivity contribution in [3.63, 3.8) is 0 Å². The van der Waals surface area contributed by atoms with Crippen LogP contribution in [0.1, 0.15) is 23.5 Å². The van der Waals surface area contributed by atoms with Crippen molar-refractivity contribution in [3.8, 4) is 5.88 Å². The lowest BCUT2D eigenvalue weighted by Crippen LogP contribution is -2.31. The second-order valence-corrected chi connectivity index (χ2v) is 6.24. The highest BCUT2D eigenvalue weighted by molar-refractivity contribution is 6.35. The average molecular weight is 351 g/mol. The minimum absolute atomic E-state index is 0.0287. The van der Waals surface area contributed by atoms with Crippen molar-refractivity contribution in [2.75, 3.05) is 13.2 Å². The first-order valence-electron chi connectivity index (χ1n) is 7.44. The molecule has 0 radical (unpaired) electrons. The van der Waals surface area contributed by atoms with E-state index in [0.717, 1.165) is 24.0 Å². The summed E-state index contributed by atoms with van der Waals surface area (Å²) in [6, 6.07) is 9.17. The second-order valence-electron chi connectivity index (χ2n) is 5.39. The molecule has 1 N–H and O–H groups in total. The lowest BCUT2D eigenvalue weighted by atomic mass is 10.0. The summed E-state index contributed by atoms with van der Waals surface area (Å²) >= 11 is 12.0. The van der Waals surface area contributed by atoms with E-state index < -0.39 is 0 Å². The van der Waals surface area contributed by atoms with Gasteiger partial charge in [0.15, 0.2) is 0 Å². The number of fused-ring (bicyclic) bond motifs is 1. The molecule has 0 saturated carbocycles. The molecule has 1 atom stereocenters. The Hall–Kier alpha value is -1.78. The number of nitrogens with zero attached hydrogens (tertiary/aromatic N) is 1. The van der Waals surface area contributed by atoms with Gasteiger partial charge in [-0.1, -0.05) is 35.3 Å². The van der Waals surface area contributed by atoms with Gasteiger partial charge in [-0.2, -0.15) is 0 Å². The largest absolute Gasteiger partial charge is 0.476 e. The molecule has 1 amide bonds. The zero-order valence-corrected chi connectivity index (χ0v) is 13.9. The van der Waals surface area contributed by atoms with Crippen LogP contribution in [-0.4, -0.2) is 24.0 Å². The number of amides is 1. The van der Waals surface area contributed by atoms with Gasteiger partial charge in [-0.25, -0.2) is 4.98 Å². The van der Waals surface area contributed by atoms with Gasteiger partial charge in [0.25, 0.3) is 0 Å². The van der Waals surface area contributed by atoms with Crippen molar-refractivity contribution in [3.05, 3.63) is 57.7 Å². The van der Waals surface area contributed by atoms with Crippen LogP contribution in [-0.2, 0) is 11.2 Å². The van der Waals surface area contributed by atoms with E-state index in [1.165, 1.54) is 0 Å². The lowest BCUT2D eigenvalue weighted by molar-refractivity contribution is -0.122. The van der Waals surface area contributed by atoms with E-state index in [2.05, 4.69) is 10.3 Å². The maximum atomic E-state index is 12.3. The molecule has 0 saturated heterocycles. The SMILES string of the molecule is O=C(NCCCc1ccc(Cl)cc1Cl)C1COc2ncccc21. The molecule has 6 heteroatoms. The topological polar surface area (TPSA) is 51.2 Å². The highest BCUT2D eigenvalue weighted by Crippen LogP contribution is 2.31. The molecule has 1 unspecified atom stereocenters. The first-order chi connectivity index (χ1) is 11.1. The number of aryl methyl sites for hydroxylation is 1. The number of benzene rings is 1. The number of halogens is 2. The van der Waals surface area contributed by atoms with Gasteiger partial charge >= 0.3 is 0 Å². The monoisotopic (exact) mass is 350 g/mol. The predicted molar refractivity (Wildman–Crippen MR) is 90.3 cm³/mol. The summed E-state index contributed by atoms with van der Waals surface area (Å²) in [5, 5.41) is 4.24. The summed E-state index contributed by atoms with van der Waals surface area (Å²) in [5.74, 6) is 0.248. The number of aromatic nitrogens is 1. The highest BCUT2D eigenvalue weighted by Gasteiger charge is 2.30. The Bertz CT molecular complexity index is 721. The number of hydrogen-bond donors (Lipinski definition) is 1. The number of rotatable bonds is 5. The van der Waals surface area contributed by atoms with E-state index in [1.807, 2.05) is 24.3 Å². The molecule has 120 valence electrons. The van der Waals surface area contributed by atoms with Crippen LogP contribution in [0.2, 0.25) is 10.0 Å². The normalized spacial score (nSPS) is 15.8. The molecule has 0 aliphatic carbocycles. The Labute approximate surface area is 144 Å². The third-order valence-electron chi connectivity index (χ3n) is 3.82. The van der Waals surface area contributed by atoms with Crippen molar-refractivity contribution in [2.45, 2.75) is 18.8 Å². The molecule has 0 bridgehead atoms. The molecule has 1 aliphatic heterocycles. The second kappa shape index (κ2) is 7.20. The van der Waals surface area contributed by atoms with Crippen LogP contribution in [0.4, 0.5) is 0 Å². The van der Waals surface area contributed by atoms with E-state index in [9.17, 15) is 4.79 Å². The summed E-state index contributed by atoms with van der Waals surface area (Å²) in [6.07, 6.45) is 3.26. The van der Waals surface area contributed by atoms with Gasteiger partial charge in [-0.15, -0.1) is 0 Å². The van der Waals surface area contributed by atoms with Crippen molar-refractivity contribution in [1.29, 1.82) is 0 Å². The van der Waals surface area contributed by atoms with Crippen molar-refractivity contribution in [1.82, 2.24) is 10.3 Å². The van der Waals surface area contributed by atoms with Gasteiger partial charge in [0, 0.05) is 28.4 Å². The zero-order valence-electron chi connectivity index (χ0n) is 12.4. The maximum Gasteiger partial charge on any atom is 0.231 e. The van der Waals surface area contributed by atoms with Gasteiger partial charge in [-0.05, 0) is 36.6 Å². The minimum Gasteiger partial charge on any atom is -0.476 e. The molecular weight excluding hydrogens is 335 g/mol. The van der Waals surface area contributed by atoms with E-state index in [4.69, 9.17) is 27.9 Å². The molecular formula is C17H16Cl2N2O2. The van der Waals surface area contributed by atoms with Gasteiger partial charge in [0.05, 0.1) is 0 Å². The van der Waals surface area contributed by atoms with E-state index in [1.54, 1.807) is 12.3 Å². The summed E-state index contributed by atoms with van der Waals surface area (Å²) in [7, 11) is 0. The third kappa shape index (κ3) is 3.77. The standard InChI is InChI=1S/C17H16Cl2N2O2/c18-12-6-5-11(15(19)9-12)3-1-7-20-16(22)14-10-23-17-13(14)4-2-8-21-17/h2,4-6,8-9,14H,1,3,7,10H2,(H,20,22). The van der Waals surface area contributed by atoms with Gasteiger partial charge < -0.3 is 10.1 Å². The predicted octanol–water partition coefficient (Wildman–Crippen LogP) is 3.61. The third-order valence-corrected chi connectivity index (χ3v) is 4.40. The first kappa shape index (κ1) is 16.1. The molecule has 0 spiro atoms. The number of ether oxygens (including phenoxy) is 1. The fraction of sp³-hybridized carbons (Fsp3) is 0.294. The van der Waals surface area contributed by atoms with E-state index >= 15 is 0 Å². The summed E-state index contributed by atoms with van der Waals surface area (Å²) in [5.41, 5.74) is 1.88. The van der Waals surface area contributed by atoms with Crippen LogP contribution in [0.3, 0.4) is 0 Å². The maximum absolute atomic E-state index is 12.3. The highest BCUT2D eigenvalue weighted by atomic mass is 35.5. The van der Waals surface area contributed by atoms with Crippen molar-refractivity contribution < 1.29 is 9.53 Å². The van der Waals surface area contributed by atoms with Crippen LogP contribution in [0, 0.1) is 0 Å². The van der Waals surface area contributed by atoms with Crippen LogP contribution in [0.5, 0.6) is 5.88 Å². The van der Waals surface area contributed by atoms with Gasteiger partial charge in [0.2, 0.25) is 11.8 Å². The minimum atomic E-state index is -0.280. The summed E-state index contributed by atoms with van der Waals surface area (Å²) < 4.78 is 5.43. The van der Waals surface area contributed by atoms with E-state index in [-0.39, 0.29) is 11.8 Å². The Morgan fingerprint density at radius 3 is 3.04 bits per heavy atom. The van der Waals surface area contributed by atoms with Crippen LogP contribution in [0.15, 0.2) is 36.5 Å². The van der Waals surface area contributed by atoms with Crippen LogP contribution < -0.4 is 10.1 Å².